The predicted molar refractivity (Wildman–Crippen MR) is 74.0 cm³/mol. The van der Waals surface area contributed by atoms with Gasteiger partial charge in [0.25, 0.3) is 0 Å². The van der Waals surface area contributed by atoms with Crippen molar-refractivity contribution < 1.29 is 4.74 Å². The number of nitrogens with zero attached hydrogens (tertiary/aromatic N) is 1. The van der Waals surface area contributed by atoms with Crippen LogP contribution in [0.1, 0.15) is 33.6 Å². The van der Waals surface area contributed by atoms with E-state index in [1.807, 2.05) is 0 Å². The average molecular weight is 243 g/mol. The zero-order chi connectivity index (χ0) is 11.5. The van der Waals surface area contributed by atoms with Gasteiger partial charge in [0.1, 0.15) is 0 Å². The van der Waals surface area contributed by atoms with Gasteiger partial charge in [0.05, 0.1) is 13.2 Å². The minimum Gasteiger partial charge on any atom is -0.381 e. The number of thiol groups is 1. The Morgan fingerprint density at radius 3 is 2.69 bits per heavy atom. The molecule has 0 aliphatic carbocycles. The minimum atomic E-state index is 0.0878. The first-order chi connectivity index (χ1) is 7.66. The summed E-state index contributed by atoms with van der Waals surface area (Å²) >= 11 is 0. The Morgan fingerprint density at radius 1 is 1.38 bits per heavy atom. The minimum absolute atomic E-state index is 0.0878. The fourth-order valence-electron chi connectivity index (χ4n) is 2.56. The molecule has 2 rings (SSSR count). The van der Waals surface area contributed by atoms with Crippen LogP contribution in [0.3, 0.4) is 0 Å². The van der Waals surface area contributed by atoms with Gasteiger partial charge in [0, 0.05) is 17.5 Å². The van der Waals surface area contributed by atoms with Crippen LogP contribution in [-0.4, -0.2) is 35.8 Å². The highest BCUT2D eigenvalue weighted by molar-refractivity contribution is 8.30. The van der Waals surface area contributed by atoms with Crippen molar-refractivity contribution in [3.8, 4) is 0 Å². The highest BCUT2D eigenvalue weighted by atomic mass is 32.2. The maximum absolute atomic E-state index is 5.27. The van der Waals surface area contributed by atoms with Crippen molar-refractivity contribution in [2.75, 3.05) is 25.5 Å². The Balaban J connectivity index is 1.84. The van der Waals surface area contributed by atoms with Gasteiger partial charge in [-0.25, -0.2) is 10.9 Å². The van der Waals surface area contributed by atoms with Crippen LogP contribution >= 0.6 is 10.9 Å². The molecule has 2 unspecified atom stereocenters. The van der Waals surface area contributed by atoms with Gasteiger partial charge < -0.3 is 4.74 Å². The van der Waals surface area contributed by atoms with Crippen molar-refractivity contribution in [3.63, 3.8) is 0 Å². The van der Waals surface area contributed by atoms with Gasteiger partial charge in [-0.05, 0) is 29.8 Å². The number of ether oxygens (including phenoxy) is 1. The Bertz CT molecular complexity index is 261. The molecule has 0 aromatic rings. The highest BCUT2D eigenvalue weighted by Gasteiger charge is 2.28. The second-order valence-electron chi connectivity index (χ2n) is 5.58. The molecule has 2 atom stereocenters. The summed E-state index contributed by atoms with van der Waals surface area (Å²) in [5.41, 5.74) is 0. The van der Waals surface area contributed by atoms with Crippen LogP contribution in [0.5, 0.6) is 0 Å². The standard InChI is InChI=1S/C13H25NOS/c1-10(2)6-13-14-4-5-16(13)11(3)7-12-8-15-9-12/h10-12,16H,4-9H2,1-3H3. The van der Waals surface area contributed by atoms with Gasteiger partial charge in [-0.3, -0.25) is 4.99 Å². The average Bonchev–Trinajstić information content (AvgIpc) is 2.58. The summed E-state index contributed by atoms with van der Waals surface area (Å²) in [6.45, 7) is 10.1. The first-order valence-electron chi connectivity index (χ1n) is 6.54. The molecule has 0 radical (unpaired) electrons. The molecule has 1 saturated heterocycles. The quantitative estimate of drug-likeness (QED) is 0.737. The first kappa shape index (κ1) is 12.4. The molecular weight excluding hydrogens is 218 g/mol. The molecule has 2 aliphatic heterocycles. The number of hydrogen-bond acceptors (Lipinski definition) is 2. The number of rotatable bonds is 5. The van der Waals surface area contributed by atoms with Gasteiger partial charge in [-0.15, -0.1) is 0 Å². The molecule has 0 bridgehead atoms. The fraction of sp³-hybridized carbons (Fsp3) is 0.923. The van der Waals surface area contributed by atoms with Crippen molar-refractivity contribution in [2.24, 2.45) is 16.8 Å². The van der Waals surface area contributed by atoms with E-state index in [-0.39, 0.29) is 10.9 Å². The van der Waals surface area contributed by atoms with Crippen LogP contribution in [0.25, 0.3) is 0 Å². The zero-order valence-electron chi connectivity index (χ0n) is 10.8. The topological polar surface area (TPSA) is 21.6 Å². The van der Waals surface area contributed by atoms with E-state index in [9.17, 15) is 0 Å². The van der Waals surface area contributed by atoms with E-state index in [1.165, 1.54) is 18.6 Å². The van der Waals surface area contributed by atoms with Crippen molar-refractivity contribution >= 4 is 15.9 Å². The summed E-state index contributed by atoms with van der Waals surface area (Å²) in [6.07, 6.45) is 2.60. The van der Waals surface area contributed by atoms with Crippen molar-refractivity contribution in [3.05, 3.63) is 0 Å². The Labute approximate surface area is 102 Å². The summed E-state index contributed by atoms with van der Waals surface area (Å²) in [6, 6.07) is 0. The van der Waals surface area contributed by atoms with Crippen LogP contribution in [0.4, 0.5) is 0 Å². The largest absolute Gasteiger partial charge is 0.381 e. The van der Waals surface area contributed by atoms with E-state index in [1.54, 1.807) is 5.04 Å². The van der Waals surface area contributed by atoms with Gasteiger partial charge in [0.2, 0.25) is 0 Å². The van der Waals surface area contributed by atoms with E-state index in [0.717, 1.165) is 36.8 Å². The van der Waals surface area contributed by atoms with E-state index >= 15 is 0 Å². The lowest BCUT2D eigenvalue weighted by atomic mass is 10.0. The van der Waals surface area contributed by atoms with Gasteiger partial charge >= 0.3 is 0 Å². The lowest BCUT2D eigenvalue weighted by Crippen LogP contribution is -2.31. The second-order valence-corrected chi connectivity index (χ2v) is 8.36. The van der Waals surface area contributed by atoms with Crippen LogP contribution in [0.2, 0.25) is 0 Å². The molecule has 0 N–H and O–H groups in total. The van der Waals surface area contributed by atoms with E-state index in [2.05, 4.69) is 20.8 Å². The smallest absolute Gasteiger partial charge is 0.0516 e. The molecule has 0 spiro atoms. The molecule has 1 fully saturated rings. The van der Waals surface area contributed by atoms with Gasteiger partial charge in [-0.2, -0.15) is 0 Å². The van der Waals surface area contributed by atoms with E-state index in [0.29, 0.717) is 0 Å². The molecule has 2 heterocycles. The third-order valence-electron chi connectivity index (χ3n) is 3.47. The maximum atomic E-state index is 5.27. The van der Waals surface area contributed by atoms with Crippen molar-refractivity contribution in [2.45, 2.75) is 38.9 Å². The van der Waals surface area contributed by atoms with E-state index < -0.39 is 0 Å². The molecule has 2 aliphatic rings. The Kier molecular flexibility index (Phi) is 4.31. The van der Waals surface area contributed by atoms with Crippen LogP contribution in [0.15, 0.2) is 4.99 Å². The second kappa shape index (κ2) is 5.54. The van der Waals surface area contributed by atoms with Gasteiger partial charge in [-0.1, -0.05) is 20.8 Å². The van der Waals surface area contributed by atoms with Crippen molar-refractivity contribution in [1.29, 1.82) is 0 Å². The van der Waals surface area contributed by atoms with Crippen LogP contribution in [-0.2, 0) is 4.74 Å². The summed E-state index contributed by atoms with van der Waals surface area (Å²) < 4.78 is 5.27. The lowest BCUT2D eigenvalue weighted by molar-refractivity contribution is -0.0350. The van der Waals surface area contributed by atoms with Crippen LogP contribution < -0.4 is 0 Å². The molecule has 0 aromatic heterocycles. The normalized spacial score (nSPS) is 30.2. The molecule has 94 valence electrons. The summed E-state index contributed by atoms with van der Waals surface area (Å²) in [4.78, 5) is 4.74. The lowest BCUT2D eigenvalue weighted by Gasteiger charge is -2.33. The molecule has 2 nitrogen and oxygen atoms in total. The third kappa shape index (κ3) is 3.01. The number of aliphatic imine (C=N–C) groups is 1. The van der Waals surface area contributed by atoms with Crippen molar-refractivity contribution in [1.82, 2.24) is 0 Å². The number of hydrogen-bond donors (Lipinski definition) is 1. The SMILES string of the molecule is CC(C)CC1=NCC[SH]1C(C)CC1COC1. The molecular formula is C13H25NOS. The third-order valence-corrected chi connectivity index (χ3v) is 6.42. The molecule has 0 saturated carbocycles. The monoisotopic (exact) mass is 243 g/mol. The summed E-state index contributed by atoms with van der Waals surface area (Å²) in [5.74, 6) is 2.96. The molecule has 0 amide bonds. The summed E-state index contributed by atoms with van der Waals surface area (Å²) in [7, 11) is 0.0878. The first-order valence-corrected chi connectivity index (χ1v) is 8.14. The zero-order valence-corrected chi connectivity index (χ0v) is 11.7. The predicted octanol–water partition coefficient (Wildman–Crippen LogP) is 2.87. The van der Waals surface area contributed by atoms with Gasteiger partial charge in [0.15, 0.2) is 0 Å². The fourth-order valence-corrected chi connectivity index (χ4v) is 5.52. The summed E-state index contributed by atoms with van der Waals surface area (Å²) in [5, 5.41) is 2.43. The highest BCUT2D eigenvalue weighted by Crippen LogP contribution is 2.42. The van der Waals surface area contributed by atoms with E-state index in [4.69, 9.17) is 9.73 Å². The van der Waals surface area contributed by atoms with Crippen LogP contribution in [0, 0.1) is 11.8 Å². The Hall–Kier alpha value is -0.0200. The molecule has 0 aromatic carbocycles. The molecule has 16 heavy (non-hydrogen) atoms. The Morgan fingerprint density at radius 2 is 2.12 bits per heavy atom. The molecule has 3 heteroatoms. The maximum Gasteiger partial charge on any atom is 0.0516 e.